The Hall–Kier alpha value is -3.58. The van der Waals surface area contributed by atoms with Gasteiger partial charge in [0.1, 0.15) is 5.82 Å². The molecule has 0 spiro atoms. The summed E-state index contributed by atoms with van der Waals surface area (Å²) in [7, 11) is 1.96. The highest BCUT2D eigenvalue weighted by molar-refractivity contribution is 5.91. The van der Waals surface area contributed by atoms with E-state index in [0.717, 1.165) is 33.5 Å². The molecule has 0 saturated heterocycles. The molecule has 3 aromatic carbocycles. The second-order valence-electron chi connectivity index (χ2n) is 8.17. The van der Waals surface area contributed by atoms with E-state index in [-0.39, 0.29) is 5.82 Å². The summed E-state index contributed by atoms with van der Waals surface area (Å²) in [5.74, 6) is -0.298. The Morgan fingerprint density at radius 3 is 2.30 bits per heavy atom. The summed E-state index contributed by atoms with van der Waals surface area (Å²) in [6.45, 7) is 1.23. The molecule has 33 heavy (non-hydrogen) atoms. The molecule has 0 radical (unpaired) electrons. The van der Waals surface area contributed by atoms with Gasteiger partial charge < -0.3 is 0 Å². The number of alkyl halides is 3. The SMILES string of the molecule is CN1CC=C(c2cc3ccccc3cc2F)c2ccc(-c3ccc(C(F)(F)F)nn3)cc2C1. The zero-order chi connectivity index (χ0) is 23.2. The monoisotopic (exact) mass is 449 g/mol. The minimum atomic E-state index is -4.54. The minimum Gasteiger partial charge on any atom is -0.298 e. The molecule has 0 N–H and O–H groups in total. The molecule has 0 aliphatic carbocycles. The second kappa shape index (κ2) is 8.08. The van der Waals surface area contributed by atoms with Gasteiger partial charge in [-0.05, 0) is 64.9 Å². The molecular weight excluding hydrogens is 430 g/mol. The third-order valence-corrected chi connectivity index (χ3v) is 5.82. The van der Waals surface area contributed by atoms with E-state index in [2.05, 4.69) is 15.1 Å². The first-order valence-corrected chi connectivity index (χ1v) is 10.4. The number of halogens is 4. The van der Waals surface area contributed by atoms with Crippen molar-refractivity contribution in [1.29, 1.82) is 0 Å². The van der Waals surface area contributed by atoms with Crippen molar-refractivity contribution in [3.8, 4) is 11.3 Å². The molecule has 0 bridgehead atoms. The van der Waals surface area contributed by atoms with Gasteiger partial charge in [-0.25, -0.2) is 4.39 Å². The van der Waals surface area contributed by atoms with E-state index in [9.17, 15) is 13.2 Å². The molecule has 0 saturated carbocycles. The Morgan fingerprint density at radius 2 is 1.61 bits per heavy atom. The van der Waals surface area contributed by atoms with Crippen LogP contribution in [0.2, 0.25) is 0 Å². The number of aromatic nitrogens is 2. The van der Waals surface area contributed by atoms with Gasteiger partial charge in [-0.2, -0.15) is 13.2 Å². The molecule has 3 nitrogen and oxygen atoms in total. The van der Waals surface area contributed by atoms with Crippen LogP contribution in [0.15, 0.2) is 72.8 Å². The molecule has 2 heterocycles. The van der Waals surface area contributed by atoms with E-state index in [0.29, 0.717) is 29.9 Å². The Balaban J connectivity index is 1.59. The third-order valence-electron chi connectivity index (χ3n) is 5.82. The average Bonchev–Trinajstić information content (AvgIpc) is 2.95. The van der Waals surface area contributed by atoms with Crippen LogP contribution in [0.5, 0.6) is 0 Å². The van der Waals surface area contributed by atoms with Crippen LogP contribution >= 0.6 is 0 Å². The predicted molar refractivity (Wildman–Crippen MR) is 120 cm³/mol. The average molecular weight is 449 g/mol. The van der Waals surface area contributed by atoms with Crippen molar-refractivity contribution in [2.45, 2.75) is 12.7 Å². The topological polar surface area (TPSA) is 29.0 Å². The summed E-state index contributed by atoms with van der Waals surface area (Å²) in [4.78, 5) is 2.09. The van der Waals surface area contributed by atoms with E-state index in [1.807, 2.05) is 55.6 Å². The molecular formula is C26H19F4N3. The van der Waals surface area contributed by atoms with E-state index in [4.69, 9.17) is 0 Å². The van der Waals surface area contributed by atoms with Gasteiger partial charge in [0.2, 0.25) is 0 Å². The van der Waals surface area contributed by atoms with Gasteiger partial charge in [0, 0.05) is 24.2 Å². The lowest BCUT2D eigenvalue weighted by Gasteiger charge is -2.16. The summed E-state index contributed by atoms with van der Waals surface area (Å²) < 4.78 is 53.6. The van der Waals surface area contributed by atoms with Gasteiger partial charge in [-0.15, -0.1) is 10.2 Å². The summed E-state index contributed by atoms with van der Waals surface area (Å²) >= 11 is 0. The van der Waals surface area contributed by atoms with Crippen LogP contribution in [0.25, 0.3) is 27.6 Å². The fourth-order valence-electron chi connectivity index (χ4n) is 4.17. The lowest BCUT2D eigenvalue weighted by atomic mass is 9.91. The van der Waals surface area contributed by atoms with Gasteiger partial charge >= 0.3 is 6.18 Å². The number of nitrogens with zero attached hydrogens (tertiary/aromatic N) is 3. The Morgan fingerprint density at radius 1 is 0.848 bits per heavy atom. The van der Waals surface area contributed by atoms with Crippen molar-refractivity contribution in [3.05, 3.63) is 101 Å². The van der Waals surface area contributed by atoms with Crippen LogP contribution in [0.3, 0.4) is 0 Å². The molecule has 5 rings (SSSR count). The number of likely N-dealkylation sites (N-methyl/N-ethyl adjacent to an activating group) is 1. The number of benzene rings is 3. The zero-order valence-electron chi connectivity index (χ0n) is 17.7. The Bertz CT molecular complexity index is 1370. The molecule has 1 aliphatic heterocycles. The zero-order valence-corrected chi connectivity index (χ0v) is 17.7. The first kappa shape index (κ1) is 21.3. The fourth-order valence-corrected chi connectivity index (χ4v) is 4.17. The van der Waals surface area contributed by atoms with Crippen molar-refractivity contribution in [3.63, 3.8) is 0 Å². The molecule has 1 aromatic heterocycles. The van der Waals surface area contributed by atoms with Crippen molar-refractivity contribution in [1.82, 2.24) is 15.1 Å². The van der Waals surface area contributed by atoms with Gasteiger partial charge in [0.15, 0.2) is 5.69 Å². The molecule has 4 aromatic rings. The maximum Gasteiger partial charge on any atom is 0.435 e. The highest BCUT2D eigenvalue weighted by atomic mass is 19.4. The van der Waals surface area contributed by atoms with Gasteiger partial charge in [-0.1, -0.05) is 42.5 Å². The van der Waals surface area contributed by atoms with Crippen LogP contribution in [-0.4, -0.2) is 28.7 Å². The molecule has 166 valence electrons. The summed E-state index contributed by atoms with van der Waals surface area (Å²) in [5, 5.41) is 8.89. The van der Waals surface area contributed by atoms with Crippen LogP contribution < -0.4 is 0 Å². The lowest BCUT2D eigenvalue weighted by Crippen LogP contribution is -2.16. The number of hydrogen-bond acceptors (Lipinski definition) is 3. The number of hydrogen-bond donors (Lipinski definition) is 0. The standard InChI is InChI=1S/C26H19F4N3/c1-33-11-10-21(22-13-16-4-2-3-5-17(16)14-23(22)27)20-7-6-18(12-19(20)15-33)24-8-9-25(32-31-24)26(28,29)30/h2-10,12-14H,11,15H2,1H3. The van der Waals surface area contributed by atoms with E-state index < -0.39 is 11.9 Å². The number of rotatable bonds is 2. The van der Waals surface area contributed by atoms with Crippen molar-refractivity contribution >= 4 is 16.3 Å². The van der Waals surface area contributed by atoms with Crippen LogP contribution in [-0.2, 0) is 12.7 Å². The van der Waals surface area contributed by atoms with Crippen LogP contribution in [0.1, 0.15) is 22.4 Å². The smallest absolute Gasteiger partial charge is 0.298 e. The normalized spacial score (nSPS) is 14.6. The highest BCUT2D eigenvalue weighted by Gasteiger charge is 2.33. The largest absolute Gasteiger partial charge is 0.435 e. The molecule has 1 aliphatic rings. The van der Waals surface area contributed by atoms with Crippen molar-refractivity contribution in [2.24, 2.45) is 0 Å². The van der Waals surface area contributed by atoms with E-state index >= 15 is 4.39 Å². The molecule has 0 atom stereocenters. The van der Waals surface area contributed by atoms with E-state index in [1.165, 1.54) is 6.07 Å². The molecule has 7 heteroatoms. The highest BCUT2D eigenvalue weighted by Crippen LogP contribution is 2.35. The van der Waals surface area contributed by atoms with Gasteiger partial charge in [0.05, 0.1) is 5.69 Å². The van der Waals surface area contributed by atoms with E-state index in [1.54, 1.807) is 12.1 Å². The molecule has 0 unspecified atom stereocenters. The van der Waals surface area contributed by atoms with Gasteiger partial charge in [-0.3, -0.25) is 4.90 Å². The fraction of sp³-hybridized carbons (Fsp3) is 0.154. The van der Waals surface area contributed by atoms with Crippen molar-refractivity contribution in [2.75, 3.05) is 13.6 Å². The first-order valence-electron chi connectivity index (χ1n) is 10.4. The lowest BCUT2D eigenvalue weighted by molar-refractivity contribution is -0.141. The van der Waals surface area contributed by atoms with Gasteiger partial charge in [0.25, 0.3) is 0 Å². The van der Waals surface area contributed by atoms with Crippen molar-refractivity contribution < 1.29 is 17.6 Å². The first-order chi connectivity index (χ1) is 15.8. The summed E-state index contributed by atoms with van der Waals surface area (Å²) in [6, 6.07) is 18.8. The quantitative estimate of drug-likeness (QED) is 0.335. The maximum absolute atomic E-state index is 15.1. The predicted octanol–water partition coefficient (Wildman–Crippen LogP) is 6.33. The minimum absolute atomic E-state index is 0.298. The maximum atomic E-state index is 15.1. The third kappa shape index (κ3) is 4.12. The molecule has 0 amide bonds. The van der Waals surface area contributed by atoms with Crippen LogP contribution in [0.4, 0.5) is 17.6 Å². The second-order valence-corrected chi connectivity index (χ2v) is 8.17. The Labute approximate surface area is 188 Å². The number of fused-ring (bicyclic) bond motifs is 2. The summed E-state index contributed by atoms with van der Waals surface area (Å²) in [5.41, 5.74) is 3.11. The van der Waals surface area contributed by atoms with Crippen LogP contribution in [0, 0.1) is 5.82 Å². The Kier molecular flexibility index (Phi) is 5.21. The molecule has 0 fully saturated rings. The summed E-state index contributed by atoms with van der Waals surface area (Å²) in [6.07, 6.45) is -2.53.